The highest BCUT2D eigenvalue weighted by molar-refractivity contribution is 6.03. The number of hydrogen-bond acceptors (Lipinski definition) is 3. The van der Waals surface area contributed by atoms with Crippen LogP contribution in [-0.4, -0.2) is 11.8 Å². The number of hydrogen-bond donors (Lipinski definition) is 0. The lowest BCUT2D eigenvalue weighted by molar-refractivity contribution is -0.137. The Bertz CT molecular complexity index is 661. The molecule has 0 radical (unpaired) electrons. The average molecular weight is 322 g/mol. The van der Waals surface area contributed by atoms with Gasteiger partial charge in [-0.25, -0.2) is 0 Å². The van der Waals surface area contributed by atoms with Gasteiger partial charge in [0.1, 0.15) is 6.10 Å². The van der Waals surface area contributed by atoms with Gasteiger partial charge in [0.05, 0.1) is 22.9 Å². The van der Waals surface area contributed by atoms with E-state index in [1.54, 1.807) is 6.07 Å². The van der Waals surface area contributed by atoms with E-state index in [2.05, 4.69) is 5.16 Å². The fourth-order valence-electron chi connectivity index (χ4n) is 3.38. The first-order chi connectivity index (χ1) is 11.0. The monoisotopic (exact) mass is 322 g/mol. The Morgan fingerprint density at radius 2 is 1.87 bits per heavy atom. The van der Waals surface area contributed by atoms with E-state index >= 15 is 0 Å². The molecule has 2 unspecified atom stereocenters. The molecule has 0 bridgehead atoms. The Morgan fingerprint density at radius 3 is 2.57 bits per heavy atom. The van der Waals surface area contributed by atoms with Crippen molar-refractivity contribution in [3.63, 3.8) is 0 Å². The van der Waals surface area contributed by atoms with Crippen LogP contribution in [0.2, 0.25) is 0 Å². The zero-order valence-corrected chi connectivity index (χ0v) is 12.6. The SMILES string of the molecule is N#Cc1ccc(C2=NOC3CCCCCCC23)cc1C(F)(F)F. The van der Waals surface area contributed by atoms with Gasteiger partial charge >= 0.3 is 6.18 Å². The minimum absolute atomic E-state index is 0.0321. The second-order valence-corrected chi connectivity index (χ2v) is 6.09. The molecule has 2 atom stereocenters. The van der Waals surface area contributed by atoms with Crippen molar-refractivity contribution in [2.75, 3.05) is 0 Å². The Morgan fingerprint density at radius 1 is 1.13 bits per heavy atom. The van der Waals surface area contributed by atoms with Crippen molar-refractivity contribution in [1.82, 2.24) is 0 Å². The van der Waals surface area contributed by atoms with Gasteiger partial charge in [-0.2, -0.15) is 18.4 Å². The van der Waals surface area contributed by atoms with Crippen LogP contribution in [-0.2, 0) is 11.0 Å². The number of alkyl halides is 3. The number of fused-ring (bicyclic) bond motifs is 1. The zero-order chi connectivity index (χ0) is 16.4. The van der Waals surface area contributed by atoms with Crippen molar-refractivity contribution < 1.29 is 18.0 Å². The van der Waals surface area contributed by atoms with Crippen LogP contribution in [0.25, 0.3) is 0 Å². The summed E-state index contributed by atoms with van der Waals surface area (Å²) in [7, 11) is 0. The molecule has 0 amide bonds. The molecule has 2 aliphatic rings. The summed E-state index contributed by atoms with van der Waals surface area (Å²) in [5, 5.41) is 13.0. The van der Waals surface area contributed by atoms with Gasteiger partial charge in [0.15, 0.2) is 0 Å². The van der Waals surface area contributed by atoms with Gasteiger partial charge in [-0.05, 0) is 31.4 Å². The lowest BCUT2D eigenvalue weighted by Crippen LogP contribution is -2.25. The second kappa shape index (κ2) is 6.23. The number of nitriles is 1. The number of rotatable bonds is 1. The molecule has 1 aliphatic carbocycles. The molecule has 1 aromatic carbocycles. The molecule has 3 rings (SSSR count). The molecular weight excluding hydrogens is 305 g/mol. The minimum atomic E-state index is -4.55. The Hall–Kier alpha value is -2.03. The maximum absolute atomic E-state index is 13.1. The smallest absolute Gasteiger partial charge is 0.392 e. The van der Waals surface area contributed by atoms with Crippen molar-refractivity contribution >= 4 is 5.71 Å². The number of benzene rings is 1. The summed E-state index contributed by atoms with van der Waals surface area (Å²) in [4.78, 5) is 5.48. The van der Waals surface area contributed by atoms with Gasteiger partial charge in [0.25, 0.3) is 0 Å². The normalized spacial score (nSPS) is 24.7. The van der Waals surface area contributed by atoms with Gasteiger partial charge < -0.3 is 4.84 Å². The van der Waals surface area contributed by atoms with Crippen molar-refractivity contribution in [2.45, 2.75) is 50.8 Å². The molecule has 3 nitrogen and oxygen atoms in total. The maximum atomic E-state index is 13.1. The lowest BCUT2D eigenvalue weighted by atomic mass is 9.83. The molecular formula is C17H17F3N2O. The summed E-state index contributed by atoms with van der Waals surface area (Å²) in [6, 6.07) is 5.39. The highest BCUT2D eigenvalue weighted by Gasteiger charge is 2.38. The highest BCUT2D eigenvalue weighted by Crippen LogP contribution is 2.36. The molecule has 122 valence electrons. The van der Waals surface area contributed by atoms with E-state index in [0.29, 0.717) is 11.3 Å². The van der Waals surface area contributed by atoms with E-state index in [0.717, 1.165) is 44.6 Å². The van der Waals surface area contributed by atoms with Crippen LogP contribution in [0, 0.1) is 17.2 Å². The lowest BCUT2D eigenvalue weighted by Gasteiger charge is -2.21. The molecule has 1 fully saturated rings. The fraction of sp³-hybridized carbons (Fsp3) is 0.529. The van der Waals surface area contributed by atoms with E-state index in [9.17, 15) is 13.2 Å². The standard InChI is InChI=1S/C17H17F3N2O/c18-17(19,20)14-9-11(7-8-12(14)10-21)16-13-5-3-1-2-4-6-15(13)23-22-16/h7-9,13,15H,1-6H2. The second-order valence-electron chi connectivity index (χ2n) is 6.09. The van der Waals surface area contributed by atoms with E-state index in [4.69, 9.17) is 10.1 Å². The van der Waals surface area contributed by atoms with Crippen LogP contribution in [0.3, 0.4) is 0 Å². The van der Waals surface area contributed by atoms with Gasteiger partial charge in [0, 0.05) is 11.5 Å². The first-order valence-electron chi connectivity index (χ1n) is 7.86. The molecule has 1 heterocycles. The van der Waals surface area contributed by atoms with Crippen molar-refractivity contribution in [1.29, 1.82) is 5.26 Å². The third kappa shape index (κ3) is 3.19. The number of nitrogens with zero attached hydrogens (tertiary/aromatic N) is 2. The Balaban J connectivity index is 1.94. The molecule has 0 saturated heterocycles. The van der Waals surface area contributed by atoms with Crippen LogP contribution in [0.1, 0.15) is 55.2 Å². The summed E-state index contributed by atoms with van der Waals surface area (Å²) >= 11 is 0. The summed E-state index contributed by atoms with van der Waals surface area (Å²) in [6.45, 7) is 0. The van der Waals surface area contributed by atoms with E-state index < -0.39 is 11.7 Å². The van der Waals surface area contributed by atoms with Crippen molar-refractivity contribution in [3.05, 3.63) is 34.9 Å². The predicted molar refractivity (Wildman–Crippen MR) is 78.8 cm³/mol. The summed E-state index contributed by atoms with van der Waals surface area (Å²) in [5.41, 5.74) is -0.277. The van der Waals surface area contributed by atoms with Crippen molar-refractivity contribution in [2.24, 2.45) is 11.1 Å². The molecule has 1 aliphatic heterocycles. The fourth-order valence-corrected chi connectivity index (χ4v) is 3.38. The van der Waals surface area contributed by atoms with Gasteiger partial charge in [-0.15, -0.1) is 0 Å². The summed E-state index contributed by atoms with van der Waals surface area (Å²) in [5.74, 6) is 0.0457. The molecule has 1 aromatic rings. The van der Waals surface area contributed by atoms with Crippen LogP contribution < -0.4 is 0 Å². The van der Waals surface area contributed by atoms with Crippen LogP contribution >= 0.6 is 0 Å². The molecule has 23 heavy (non-hydrogen) atoms. The van der Waals surface area contributed by atoms with Crippen LogP contribution in [0.5, 0.6) is 0 Å². The first kappa shape index (κ1) is 15.9. The van der Waals surface area contributed by atoms with E-state index in [-0.39, 0.29) is 17.6 Å². The van der Waals surface area contributed by atoms with Gasteiger partial charge in [0.2, 0.25) is 0 Å². The maximum Gasteiger partial charge on any atom is 0.417 e. The van der Waals surface area contributed by atoms with E-state index in [1.807, 2.05) is 0 Å². The zero-order valence-electron chi connectivity index (χ0n) is 12.6. The van der Waals surface area contributed by atoms with Gasteiger partial charge in [-0.1, -0.05) is 30.5 Å². The molecule has 0 N–H and O–H groups in total. The van der Waals surface area contributed by atoms with E-state index in [1.165, 1.54) is 12.1 Å². The predicted octanol–water partition coefficient (Wildman–Crippen LogP) is 4.65. The topological polar surface area (TPSA) is 45.4 Å². The third-order valence-corrected chi connectivity index (χ3v) is 4.58. The van der Waals surface area contributed by atoms with Gasteiger partial charge in [-0.3, -0.25) is 0 Å². The molecule has 0 spiro atoms. The Kier molecular flexibility index (Phi) is 4.29. The number of halogens is 3. The van der Waals surface area contributed by atoms with Crippen molar-refractivity contribution in [3.8, 4) is 6.07 Å². The Labute approximate surface area is 132 Å². The molecule has 0 aromatic heterocycles. The quantitative estimate of drug-likeness (QED) is 0.755. The average Bonchev–Trinajstić information content (AvgIpc) is 2.87. The summed E-state index contributed by atoms with van der Waals surface area (Å²) in [6.07, 6.45) is 1.58. The third-order valence-electron chi connectivity index (χ3n) is 4.58. The van der Waals surface area contributed by atoms with Crippen LogP contribution in [0.4, 0.5) is 13.2 Å². The number of oxime groups is 1. The highest BCUT2D eigenvalue weighted by atomic mass is 19.4. The minimum Gasteiger partial charge on any atom is -0.392 e. The first-order valence-corrected chi connectivity index (χ1v) is 7.86. The van der Waals surface area contributed by atoms with Crippen LogP contribution in [0.15, 0.2) is 23.4 Å². The summed E-state index contributed by atoms with van der Waals surface area (Å²) < 4.78 is 39.4. The largest absolute Gasteiger partial charge is 0.417 e. The molecule has 1 saturated carbocycles. The molecule has 6 heteroatoms.